The van der Waals surface area contributed by atoms with Crippen LogP contribution in [0.4, 0.5) is 10.1 Å². The van der Waals surface area contributed by atoms with Crippen LogP contribution in [0.1, 0.15) is 31.7 Å². The van der Waals surface area contributed by atoms with E-state index in [2.05, 4.69) is 5.32 Å². The molecule has 2 rings (SSSR count). The van der Waals surface area contributed by atoms with Crippen molar-refractivity contribution in [2.45, 2.75) is 45.3 Å². The Hall–Kier alpha value is -1.46. The number of nitrogens with zero attached hydrogens (tertiary/aromatic N) is 1. The summed E-state index contributed by atoms with van der Waals surface area (Å²) in [4.78, 5) is 14.2. The van der Waals surface area contributed by atoms with Gasteiger partial charge >= 0.3 is 0 Å². The molecule has 3 atom stereocenters. The third-order valence-electron chi connectivity index (χ3n) is 4.62. The number of likely N-dealkylation sites (N-methyl/N-ethyl adjacent to an activating group) is 1. The lowest BCUT2D eigenvalue weighted by Crippen LogP contribution is -2.43. The molecular weight excluding hydrogens is 283 g/mol. The SMILES string of the molecule is Cc1ccc(NC(=O)C(C)N(C)CC2CCCC2O)cc1F. The number of aryl methyl sites for hydroxylation is 1. The molecule has 22 heavy (non-hydrogen) atoms. The van der Waals surface area contributed by atoms with Crippen molar-refractivity contribution in [3.63, 3.8) is 0 Å². The molecule has 1 aliphatic carbocycles. The minimum atomic E-state index is -0.336. The average Bonchev–Trinajstić information content (AvgIpc) is 2.87. The summed E-state index contributed by atoms with van der Waals surface area (Å²) in [6.07, 6.45) is 2.64. The quantitative estimate of drug-likeness (QED) is 0.879. The second-order valence-corrected chi connectivity index (χ2v) is 6.33. The van der Waals surface area contributed by atoms with E-state index in [1.54, 1.807) is 19.1 Å². The first kappa shape index (κ1) is 16.9. The summed E-state index contributed by atoms with van der Waals surface area (Å²) in [5.74, 6) is -0.261. The number of nitrogens with one attached hydrogen (secondary N) is 1. The summed E-state index contributed by atoms with van der Waals surface area (Å²) < 4.78 is 13.5. The molecule has 1 aromatic carbocycles. The molecule has 2 N–H and O–H groups in total. The van der Waals surface area contributed by atoms with Crippen LogP contribution in [0, 0.1) is 18.7 Å². The number of aliphatic hydroxyl groups excluding tert-OH is 1. The molecule has 5 heteroatoms. The van der Waals surface area contributed by atoms with Crippen molar-refractivity contribution in [3.8, 4) is 0 Å². The van der Waals surface area contributed by atoms with Crippen molar-refractivity contribution in [2.75, 3.05) is 18.9 Å². The molecular formula is C17H25FN2O2. The van der Waals surface area contributed by atoms with Gasteiger partial charge in [-0.05, 0) is 57.4 Å². The fraction of sp³-hybridized carbons (Fsp3) is 0.588. The fourth-order valence-corrected chi connectivity index (χ4v) is 2.88. The van der Waals surface area contributed by atoms with Crippen molar-refractivity contribution in [1.82, 2.24) is 4.90 Å². The summed E-state index contributed by atoms with van der Waals surface area (Å²) >= 11 is 0. The number of hydrogen-bond acceptors (Lipinski definition) is 3. The van der Waals surface area contributed by atoms with Crippen LogP contribution in [-0.4, -0.2) is 41.7 Å². The number of aliphatic hydroxyl groups is 1. The van der Waals surface area contributed by atoms with Gasteiger partial charge in [0.2, 0.25) is 5.91 Å². The number of halogens is 1. The van der Waals surface area contributed by atoms with Crippen LogP contribution < -0.4 is 5.32 Å². The molecule has 1 aliphatic rings. The Labute approximate surface area is 131 Å². The monoisotopic (exact) mass is 308 g/mol. The van der Waals surface area contributed by atoms with Crippen LogP contribution >= 0.6 is 0 Å². The van der Waals surface area contributed by atoms with E-state index in [1.807, 2.05) is 18.9 Å². The Balaban J connectivity index is 1.91. The molecule has 1 fully saturated rings. The number of carbonyl (C=O) groups excluding carboxylic acids is 1. The third kappa shape index (κ3) is 4.05. The molecule has 0 aliphatic heterocycles. The minimum Gasteiger partial charge on any atom is -0.393 e. The van der Waals surface area contributed by atoms with Gasteiger partial charge < -0.3 is 10.4 Å². The van der Waals surface area contributed by atoms with Gasteiger partial charge in [0, 0.05) is 12.2 Å². The van der Waals surface area contributed by atoms with Crippen LogP contribution in [0.2, 0.25) is 0 Å². The van der Waals surface area contributed by atoms with E-state index in [4.69, 9.17) is 0 Å². The number of benzene rings is 1. The van der Waals surface area contributed by atoms with E-state index < -0.39 is 0 Å². The number of carbonyl (C=O) groups is 1. The highest BCUT2D eigenvalue weighted by molar-refractivity contribution is 5.94. The van der Waals surface area contributed by atoms with E-state index >= 15 is 0 Å². The number of rotatable bonds is 5. The van der Waals surface area contributed by atoms with Crippen molar-refractivity contribution in [3.05, 3.63) is 29.6 Å². The Morgan fingerprint density at radius 2 is 2.23 bits per heavy atom. The maximum atomic E-state index is 13.5. The van der Waals surface area contributed by atoms with Crippen molar-refractivity contribution < 1.29 is 14.3 Å². The van der Waals surface area contributed by atoms with E-state index in [1.165, 1.54) is 6.07 Å². The van der Waals surface area contributed by atoms with E-state index in [0.29, 0.717) is 17.8 Å². The standard InChI is InChI=1S/C17H25FN2O2/c1-11-7-8-14(9-15(11)18)19-17(22)12(2)20(3)10-13-5-4-6-16(13)21/h7-9,12-13,16,21H,4-6,10H2,1-3H3,(H,19,22). The predicted octanol–water partition coefficient (Wildman–Crippen LogP) is 2.55. The molecule has 1 amide bonds. The van der Waals surface area contributed by atoms with E-state index in [-0.39, 0.29) is 29.8 Å². The summed E-state index contributed by atoms with van der Waals surface area (Å²) in [7, 11) is 1.88. The number of hydrogen-bond donors (Lipinski definition) is 2. The Bertz CT molecular complexity index is 535. The van der Waals surface area contributed by atoms with Crippen molar-refractivity contribution >= 4 is 11.6 Å². The van der Waals surface area contributed by atoms with Gasteiger partial charge in [-0.2, -0.15) is 0 Å². The van der Waals surface area contributed by atoms with E-state index in [9.17, 15) is 14.3 Å². The van der Waals surface area contributed by atoms with Gasteiger partial charge in [-0.25, -0.2) is 4.39 Å². The Morgan fingerprint density at radius 3 is 2.82 bits per heavy atom. The van der Waals surface area contributed by atoms with Crippen LogP contribution in [-0.2, 0) is 4.79 Å². The fourth-order valence-electron chi connectivity index (χ4n) is 2.88. The van der Waals surface area contributed by atoms with Crippen LogP contribution in [0.5, 0.6) is 0 Å². The largest absolute Gasteiger partial charge is 0.393 e. The molecule has 4 nitrogen and oxygen atoms in total. The van der Waals surface area contributed by atoms with Crippen LogP contribution in [0.3, 0.4) is 0 Å². The van der Waals surface area contributed by atoms with Crippen LogP contribution in [0.25, 0.3) is 0 Å². The van der Waals surface area contributed by atoms with Crippen LogP contribution in [0.15, 0.2) is 18.2 Å². The molecule has 0 saturated heterocycles. The third-order valence-corrected chi connectivity index (χ3v) is 4.62. The lowest BCUT2D eigenvalue weighted by atomic mass is 10.0. The van der Waals surface area contributed by atoms with Gasteiger partial charge in [0.05, 0.1) is 12.1 Å². The maximum absolute atomic E-state index is 13.5. The highest BCUT2D eigenvalue weighted by Gasteiger charge is 2.28. The highest BCUT2D eigenvalue weighted by Crippen LogP contribution is 2.26. The summed E-state index contributed by atoms with van der Waals surface area (Å²) in [5, 5.41) is 12.6. The zero-order chi connectivity index (χ0) is 16.3. The molecule has 122 valence electrons. The Kier molecular flexibility index (Phi) is 5.53. The second kappa shape index (κ2) is 7.20. The number of amides is 1. The first-order valence-electron chi connectivity index (χ1n) is 7.84. The van der Waals surface area contributed by atoms with Gasteiger partial charge in [-0.3, -0.25) is 9.69 Å². The first-order chi connectivity index (χ1) is 10.4. The van der Waals surface area contributed by atoms with Gasteiger partial charge in [-0.1, -0.05) is 12.5 Å². The zero-order valence-corrected chi connectivity index (χ0v) is 13.5. The van der Waals surface area contributed by atoms with Gasteiger partial charge in [0.15, 0.2) is 0 Å². The molecule has 0 spiro atoms. The summed E-state index contributed by atoms with van der Waals surface area (Å²) in [6, 6.07) is 4.34. The molecule has 0 bridgehead atoms. The van der Waals surface area contributed by atoms with E-state index in [0.717, 1.165) is 19.3 Å². The minimum absolute atomic E-state index is 0.168. The zero-order valence-electron chi connectivity index (χ0n) is 13.5. The normalized spacial score (nSPS) is 22.8. The molecule has 1 saturated carbocycles. The second-order valence-electron chi connectivity index (χ2n) is 6.33. The maximum Gasteiger partial charge on any atom is 0.241 e. The lowest BCUT2D eigenvalue weighted by molar-refractivity contribution is -0.120. The predicted molar refractivity (Wildman–Crippen MR) is 85.2 cm³/mol. The number of anilines is 1. The molecule has 0 radical (unpaired) electrons. The lowest BCUT2D eigenvalue weighted by Gasteiger charge is -2.27. The highest BCUT2D eigenvalue weighted by atomic mass is 19.1. The summed E-state index contributed by atoms with van der Waals surface area (Å²) in [6.45, 7) is 4.20. The first-order valence-corrected chi connectivity index (χ1v) is 7.84. The smallest absolute Gasteiger partial charge is 0.241 e. The molecule has 3 unspecified atom stereocenters. The summed E-state index contributed by atoms with van der Waals surface area (Å²) in [5.41, 5.74) is 1.02. The molecule has 0 aromatic heterocycles. The topological polar surface area (TPSA) is 52.6 Å². The van der Waals surface area contributed by atoms with Gasteiger partial charge in [-0.15, -0.1) is 0 Å². The van der Waals surface area contributed by atoms with Gasteiger partial charge in [0.25, 0.3) is 0 Å². The van der Waals surface area contributed by atoms with Gasteiger partial charge in [0.1, 0.15) is 5.82 Å². The molecule has 1 aromatic rings. The van der Waals surface area contributed by atoms with Crippen molar-refractivity contribution in [1.29, 1.82) is 0 Å². The Morgan fingerprint density at radius 1 is 1.50 bits per heavy atom. The molecule has 0 heterocycles. The average molecular weight is 308 g/mol. The van der Waals surface area contributed by atoms with Crippen molar-refractivity contribution in [2.24, 2.45) is 5.92 Å².